The van der Waals surface area contributed by atoms with E-state index in [2.05, 4.69) is 59.5 Å². The fraction of sp³-hybridized carbons (Fsp3) is 0.346. The Labute approximate surface area is 176 Å². The Morgan fingerprint density at radius 1 is 0.900 bits per heavy atom. The lowest BCUT2D eigenvalue weighted by Crippen LogP contribution is -2.38. The van der Waals surface area contributed by atoms with E-state index in [0.29, 0.717) is 13.0 Å². The van der Waals surface area contributed by atoms with Gasteiger partial charge < -0.3 is 9.47 Å². The maximum atomic E-state index is 12.1. The van der Waals surface area contributed by atoms with Crippen molar-refractivity contribution in [3.63, 3.8) is 0 Å². The quantitative estimate of drug-likeness (QED) is 0.330. The highest BCUT2D eigenvalue weighted by Crippen LogP contribution is 2.36. The van der Waals surface area contributed by atoms with Crippen molar-refractivity contribution in [1.82, 2.24) is 4.90 Å². The van der Waals surface area contributed by atoms with Crippen molar-refractivity contribution in [3.8, 4) is 0 Å². The highest BCUT2D eigenvalue weighted by Gasteiger charge is 2.13. The summed E-state index contributed by atoms with van der Waals surface area (Å²) in [5, 5.41) is 7.84. The molecule has 0 saturated carbocycles. The van der Waals surface area contributed by atoms with Crippen molar-refractivity contribution in [3.05, 3.63) is 60.2 Å². The number of nitrogens with zero attached hydrogens (tertiary/aromatic N) is 1. The van der Waals surface area contributed by atoms with Gasteiger partial charge in [-0.3, -0.25) is 9.69 Å². The van der Waals surface area contributed by atoms with Crippen LogP contribution in [0.25, 0.3) is 32.3 Å². The number of hydrogen-bond acceptors (Lipinski definition) is 4. The van der Waals surface area contributed by atoms with Crippen LogP contribution in [-0.2, 0) is 20.7 Å². The molecule has 1 saturated heterocycles. The number of carbonyl (C=O) groups excluding carboxylic acids is 1. The van der Waals surface area contributed by atoms with Crippen LogP contribution in [0.4, 0.5) is 0 Å². The second kappa shape index (κ2) is 8.58. The molecule has 0 aliphatic carbocycles. The summed E-state index contributed by atoms with van der Waals surface area (Å²) in [5.41, 5.74) is 1.31. The number of rotatable bonds is 7. The molecule has 0 aromatic heterocycles. The number of benzene rings is 4. The summed E-state index contributed by atoms with van der Waals surface area (Å²) < 4.78 is 10.8. The average Bonchev–Trinajstić information content (AvgIpc) is 2.79. The van der Waals surface area contributed by atoms with Gasteiger partial charge in [0.1, 0.15) is 6.61 Å². The van der Waals surface area contributed by atoms with Crippen LogP contribution in [-0.4, -0.2) is 50.3 Å². The zero-order chi connectivity index (χ0) is 20.3. The molecule has 0 bridgehead atoms. The molecule has 30 heavy (non-hydrogen) atoms. The molecule has 1 heterocycles. The highest BCUT2D eigenvalue weighted by atomic mass is 16.5. The van der Waals surface area contributed by atoms with Crippen LogP contribution >= 0.6 is 0 Å². The third-order valence-electron chi connectivity index (χ3n) is 6.22. The van der Waals surface area contributed by atoms with Gasteiger partial charge in [0.25, 0.3) is 0 Å². The minimum atomic E-state index is -0.0963. The first-order valence-electron chi connectivity index (χ1n) is 10.9. The number of morpholine rings is 1. The van der Waals surface area contributed by atoms with Crippen molar-refractivity contribution in [2.75, 3.05) is 39.5 Å². The molecule has 1 aliphatic rings. The van der Waals surface area contributed by atoms with Gasteiger partial charge >= 0.3 is 5.97 Å². The molecule has 0 spiro atoms. The average molecular weight is 402 g/mol. The predicted molar refractivity (Wildman–Crippen MR) is 121 cm³/mol. The molecular formula is C26H27NO3. The Balaban J connectivity index is 1.23. The Morgan fingerprint density at radius 2 is 1.60 bits per heavy atom. The Bertz CT molecular complexity index is 1150. The van der Waals surface area contributed by atoms with Crippen molar-refractivity contribution in [2.24, 2.45) is 0 Å². The molecule has 0 N–H and O–H groups in total. The van der Waals surface area contributed by atoms with Crippen LogP contribution in [0.1, 0.15) is 18.4 Å². The second-order valence-electron chi connectivity index (χ2n) is 8.11. The minimum Gasteiger partial charge on any atom is -0.464 e. The van der Waals surface area contributed by atoms with E-state index in [4.69, 9.17) is 9.47 Å². The van der Waals surface area contributed by atoms with Crippen molar-refractivity contribution >= 4 is 38.3 Å². The van der Waals surface area contributed by atoms with Crippen LogP contribution in [0.5, 0.6) is 0 Å². The topological polar surface area (TPSA) is 38.8 Å². The van der Waals surface area contributed by atoms with Gasteiger partial charge in [-0.05, 0) is 50.7 Å². The first kappa shape index (κ1) is 19.3. The predicted octanol–water partition coefficient (Wildman–Crippen LogP) is 4.78. The Kier molecular flexibility index (Phi) is 5.52. The summed E-state index contributed by atoms with van der Waals surface area (Å²) in [7, 11) is 0. The van der Waals surface area contributed by atoms with E-state index in [1.165, 1.54) is 37.9 Å². The third kappa shape index (κ3) is 3.85. The Hall–Kier alpha value is -2.69. The number of esters is 1. The maximum Gasteiger partial charge on any atom is 0.305 e. The third-order valence-corrected chi connectivity index (χ3v) is 6.22. The van der Waals surface area contributed by atoms with Gasteiger partial charge in [0.2, 0.25) is 0 Å². The van der Waals surface area contributed by atoms with Gasteiger partial charge in [-0.25, -0.2) is 0 Å². The van der Waals surface area contributed by atoms with E-state index >= 15 is 0 Å². The lowest BCUT2D eigenvalue weighted by molar-refractivity contribution is -0.144. The van der Waals surface area contributed by atoms with Crippen molar-refractivity contribution < 1.29 is 14.3 Å². The monoisotopic (exact) mass is 401 g/mol. The first-order valence-corrected chi connectivity index (χ1v) is 10.9. The summed E-state index contributed by atoms with van der Waals surface area (Å²) in [6, 6.07) is 19.8. The summed E-state index contributed by atoms with van der Waals surface area (Å²) >= 11 is 0. The molecule has 4 aromatic carbocycles. The van der Waals surface area contributed by atoms with E-state index in [9.17, 15) is 4.79 Å². The molecule has 4 nitrogen and oxygen atoms in total. The van der Waals surface area contributed by atoms with E-state index in [0.717, 1.165) is 45.7 Å². The SMILES string of the molecule is O=C(CCCc1ccc2ccc3cccc4ccc1c2c34)OCCN1CCOCC1. The lowest BCUT2D eigenvalue weighted by Gasteiger charge is -2.26. The molecule has 1 aliphatic heterocycles. The summed E-state index contributed by atoms with van der Waals surface area (Å²) in [5.74, 6) is -0.0963. The fourth-order valence-corrected chi connectivity index (χ4v) is 4.62. The van der Waals surface area contributed by atoms with E-state index in [1.807, 2.05) is 0 Å². The van der Waals surface area contributed by atoms with Crippen molar-refractivity contribution in [1.29, 1.82) is 0 Å². The van der Waals surface area contributed by atoms with Gasteiger partial charge in [0, 0.05) is 26.1 Å². The number of carbonyl (C=O) groups is 1. The normalized spacial score (nSPS) is 15.3. The van der Waals surface area contributed by atoms with Gasteiger partial charge in [-0.1, -0.05) is 54.6 Å². The molecule has 0 atom stereocenters. The summed E-state index contributed by atoms with van der Waals surface area (Å²) in [6.07, 6.45) is 2.15. The smallest absolute Gasteiger partial charge is 0.305 e. The molecule has 0 amide bonds. The highest BCUT2D eigenvalue weighted by molar-refractivity contribution is 6.23. The maximum absolute atomic E-state index is 12.1. The number of ether oxygens (including phenoxy) is 2. The Morgan fingerprint density at radius 3 is 2.40 bits per heavy atom. The standard InChI is InChI=1S/C26H27NO3/c28-24(30-18-15-27-13-16-29-17-14-27)6-2-3-19-7-8-22-10-9-20-4-1-5-21-11-12-23(19)26(22)25(20)21/h1,4-5,7-12H,2-3,6,13-18H2. The van der Waals surface area contributed by atoms with E-state index in [-0.39, 0.29) is 5.97 Å². The number of hydrogen-bond donors (Lipinski definition) is 0. The van der Waals surface area contributed by atoms with Crippen LogP contribution in [0.2, 0.25) is 0 Å². The van der Waals surface area contributed by atoms with E-state index < -0.39 is 0 Å². The largest absolute Gasteiger partial charge is 0.464 e. The summed E-state index contributed by atoms with van der Waals surface area (Å²) in [6.45, 7) is 4.65. The van der Waals surface area contributed by atoms with Gasteiger partial charge in [0.05, 0.1) is 13.2 Å². The molecule has 154 valence electrons. The van der Waals surface area contributed by atoms with E-state index in [1.54, 1.807) is 0 Å². The van der Waals surface area contributed by atoms with Crippen LogP contribution in [0, 0.1) is 0 Å². The van der Waals surface area contributed by atoms with Crippen LogP contribution < -0.4 is 0 Å². The molecule has 0 radical (unpaired) electrons. The van der Waals surface area contributed by atoms with Crippen LogP contribution in [0.15, 0.2) is 54.6 Å². The lowest BCUT2D eigenvalue weighted by atomic mass is 9.90. The fourth-order valence-electron chi connectivity index (χ4n) is 4.62. The van der Waals surface area contributed by atoms with Crippen molar-refractivity contribution in [2.45, 2.75) is 19.3 Å². The molecule has 4 heteroatoms. The van der Waals surface area contributed by atoms with Gasteiger partial charge in [-0.2, -0.15) is 0 Å². The van der Waals surface area contributed by atoms with Crippen LogP contribution in [0.3, 0.4) is 0 Å². The molecule has 4 aromatic rings. The molecular weight excluding hydrogens is 374 g/mol. The minimum absolute atomic E-state index is 0.0963. The molecule has 5 rings (SSSR count). The first-order chi connectivity index (χ1) is 14.8. The zero-order valence-electron chi connectivity index (χ0n) is 17.2. The second-order valence-corrected chi connectivity index (χ2v) is 8.11. The van der Waals surface area contributed by atoms with Gasteiger partial charge in [-0.15, -0.1) is 0 Å². The molecule has 0 unspecified atom stereocenters. The molecule has 1 fully saturated rings. The zero-order valence-corrected chi connectivity index (χ0v) is 17.2. The number of aryl methyl sites for hydroxylation is 1. The van der Waals surface area contributed by atoms with Gasteiger partial charge in [0.15, 0.2) is 0 Å². The summed E-state index contributed by atoms with van der Waals surface area (Å²) in [4.78, 5) is 14.4.